The number of aliphatic carboxylic acids is 1. The van der Waals surface area contributed by atoms with Gasteiger partial charge < -0.3 is 10.4 Å². The maximum atomic E-state index is 12.6. The summed E-state index contributed by atoms with van der Waals surface area (Å²) < 4.78 is 0. The SMILES string of the molecule is O=C(O)CSC(=O)[C@H](Cc1ccccc1)NC(=O)Cc1ccc(-c2ccccc2)cc1. The van der Waals surface area contributed by atoms with Crippen molar-refractivity contribution in [3.63, 3.8) is 0 Å². The normalized spacial score (nSPS) is 11.5. The first-order valence-electron chi connectivity index (χ1n) is 9.87. The smallest absolute Gasteiger partial charge is 0.313 e. The quantitative estimate of drug-likeness (QED) is 0.534. The van der Waals surface area contributed by atoms with E-state index >= 15 is 0 Å². The summed E-state index contributed by atoms with van der Waals surface area (Å²) in [5, 5.41) is 11.3. The Labute approximate surface area is 185 Å². The molecular weight excluding hydrogens is 410 g/mol. The van der Waals surface area contributed by atoms with Gasteiger partial charge in [0, 0.05) is 6.42 Å². The van der Waals surface area contributed by atoms with Gasteiger partial charge in [0.15, 0.2) is 0 Å². The highest BCUT2D eigenvalue weighted by Crippen LogP contribution is 2.19. The van der Waals surface area contributed by atoms with Crippen molar-refractivity contribution in [3.8, 4) is 11.1 Å². The predicted molar refractivity (Wildman–Crippen MR) is 123 cm³/mol. The van der Waals surface area contributed by atoms with Gasteiger partial charge >= 0.3 is 5.97 Å². The van der Waals surface area contributed by atoms with Crippen molar-refractivity contribution in [3.05, 3.63) is 96.1 Å². The lowest BCUT2D eigenvalue weighted by Crippen LogP contribution is -2.42. The summed E-state index contributed by atoms with van der Waals surface area (Å²) in [5.41, 5.74) is 3.89. The summed E-state index contributed by atoms with van der Waals surface area (Å²) in [5.74, 6) is -1.68. The number of hydrogen-bond donors (Lipinski definition) is 2. The van der Waals surface area contributed by atoms with E-state index < -0.39 is 12.0 Å². The number of rotatable bonds is 9. The van der Waals surface area contributed by atoms with Gasteiger partial charge in [-0.3, -0.25) is 14.4 Å². The molecule has 1 atom stereocenters. The molecule has 0 saturated heterocycles. The summed E-state index contributed by atoms with van der Waals surface area (Å²) >= 11 is 0.707. The summed E-state index contributed by atoms with van der Waals surface area (Å²) in [6.45, 7) is 0. The number of hydrogen-bond acceptors (Lipinski definition) is 4. The minimum absolute atomic E-state index is 0.136. The van der Waals surface area contributed by atoms with Crippen LogP contribution in [0.5, 0.6) is 0 Å². The third-order valence-corrected chi connectivity index (χ3v) is 5.63. The van der Waals surface area contributed by atoms with Crippen LogP contribution in [0, 0.1) is 0 Å². The Morgan fingerprint density at radius 3 is 1.97 bits per heavy atom. The number of carboxylic acids is 1. The second-order valence-corrected chi connectivity index (χ2v) is 8.03. The van der Waals surface area contributed by atoms with Gasteiger partial charge in [0.05, 0.1) is 12.2 Å². The van der Waals surface area contributed by atoms with Crippen LogP contribution in [0.1, 0.15) is 11.1 Å². The Bertz CT molecular complexity index is 1020. The van der Waals surface area contributed by atoms with Crippen LogP contribution in [-0.4, -0.2) is 33.9 Å². The van der Waals surface area contributed by atoms with Gasteiger partial charge in [0.1, 0.15) is 6.04 Å². The van der Waals surface area contributed by atoms with E-state index in [1.165, 1.54) is 0 Å². The fourth-order valence-corrected chi connectivity index (χ4v) is 3.76. The van der Waals surface area contributed by atoms with Crippen LogP contribution >= 0.6 is 11.8 Å². The molecule has 0 unspecified atom stereocenters. The van der Waals surface area contributed by atoms with Crippen molar-refractivity contribution in [1.82, 2.24) is 5.32 Å². The van der Waals surface area contributed by atoms with Gasteiger partial charge in [-0.25, -0.2) is 0 Å². The highest BCUT2D eigenvalue weighted by Gasteiger charge is 2.22. The first-order chi connectivity index (χ1) is 15.0. The minimum atomic E-state index is -1.07. The Morgan fingerprint density at radius 2 is 1.35 bits per heavy atom. The zero-order valence-corrected chi connectivity index (χ0v) is 17.7. The minimum Gasteiger partial charge on any atom is -0.481 e. The Balaban J connectivity index is 1.64. The number of carbonyl (C=O) groups is 3. The zero-order chi connectivity index (χ0) is 22.1. The number of benzene rings is 3. The molecule has 0 spiro atoms. The first-order valence-corrected chi connectivity index (χ1v) is 10.9. The lowest BCUT2D eigenvalue weighted by atomic mass is 10.0. The molecule has 0 heterocycles. The molecule has 0 aromatic heterocycles. The Hall–Kier alpha value is -3.38. The molecule has 0 aliphatic heterocycles. The molecule has 0 bridgehead atoms. The number of carboxylic acid groups (broad SMARTS) is 1. The standard InChI is InChI=1S/C25H23NO4S/c27-23(16-19-11-13-21(14-12-19)20-9-5-2-6-10-20)26-22(25(30)31-17-24(28)29)15-18-7-3-1-4-8-18/h1-14,22H,15-17H2,(H,26,27)(H,28,29)/t22-/m0/s1. The van der Waals surface area contributed by atoms with Crippen LogP contribution in [-0.2, 0) is 27.2 Å². The van der Waals surface area contributed by atoms with E-state index in [0.29, 0.717) is 18.2 Å². The molecule has 0 saturated carbocycles. The second kappa shape index (κ2) is 11.1. The second-order valence-electron chi connectivity index (χ2n) is 7.05. The van der Waals surface area contributed by atoms with Crippen molar-refractivity contribution < 1.29 is 19.5 Å². The molecule has 5 nitrogen and oxygen atoms in total. The molecular formula is C25H23NO4S. The zero-order valence-electron chi connectivity index (χ0n) is 16.9. The molecule has 158 valence electrons. The van der Waals surface area contributed by atoms with Crippen molar-refractivity contribution in [2.45, 2.75) is 18.9 Å². The molecule has 3 aromatic carbocycles. The van der Waals surface area contributed by atoms with Gasteiger partial charge in [-0.1, -0.05) is 96.7 Å². The van der Waals surface area contributed by atoms with Crippen molar-refractivity contribution >= 4 is 28.8 Å². The highest BCUT2D eigenvalue weighted by atomic mass is 32.2. The average Bonchev–Trinajstić information content (AvgIpc) is 2.79. The van der Waals surface area contributed by atoms with Gasteiger partial charge in [0.25, 0.3) is 0 Å². The topological polar surface area (TPSA) is 83.5 Å². The van der Waals surface area contributed by atoms with Gasteiger partial charge in [0.2, 0.25) is 11.0 Å². The molecule has 0 radical (unpaired) electrons. The number of amides is 1. The molecule has 3 rings (SSSR count). The predicted octanol–water partition coefficient (Wildman–Crippen LogP) is 3.97. The van der Waals surface area contributed by atoms with Crippen LogP contribution in [0.15, 0.2) is 84.9 Å². The third-order valence-electron chi connectivity index (χ3n) is 4.67. The first kappa shape index (κ1) is 22.3. The van der Waals surface area contributed by atoms with Crippen LogP contribution in [0.25, 0.3) is 11.1 Å². The molecule has 6 heteroatoms. The highest BCUT2D eigenvalue weighted by molar-refractivity contribution is 8.14. The summed E-state index contributed by atoms with van der Waals surface area (Å²) in [4.78, 5) is 36.0. The average molecular weight is 434 g/mol. The third kappa shape index (κ3) is 7.12. The van der Waals surface area contributed by atoms with Crippen LogP contribution < -0.4 is 5.32 Å². The molecule has 31 heavy (non-hydrogen) atoms. The van der Waals surface area contributed by atoms with E-state index in [0.717, 1.165) is 22.3 Å². The fourth-order valence-electron chi connectivity index (χ4n) is 3.15. The van der Waals surface area contributed by atoms with Crippen LogP contribution in [0.3, 0.4) is 0 Å². The largest absolute Gasteiger partial charge is 0.481 e. The van der Waals surface area contributed by atoms with Crippen LogP contribution in [0.4, 0.5) is 0 Å². The maximum absolute atomic E-state index is 12.6. The van der Waals surface area contributed by atoms with Crippen molar-refractivity contribution in [1.29, 1.82) is 0 Å². The Morgan fingerprint density at radius 1 is 0.774 bits per heavy atom. The van der Waals surface area contributed by atoms with Crippen molar-refractivity contribution in [2.24, 2.45) is 0 Å². The van der Waals surface area contributed by atoms with Gasteiger partial charge in [-0.05, 0) is 22.3 Å². The summed E-state index contributed by atoms with van der Waals surface area (Å²) in [6.07, 6.45) is 0.447. The van der Waals surface area contributed by atoms with Crippen molar-refractivity contribution in [2.75, 3.05) is 5.75 Å². The van der Waals surface area contributed by atoms with Crippen LogP contribution in [0.2, 0.25) is 0 Å². The van der Waals surface area contributed by atoms with E-state index in [9.17, 15) is 14.4 Å². The molecule has 0 fully saturated rings. The van der Waals surface area contributed by atoms with E-state index in [2.05, 4.69) is 5.32 Å². The lowest BCUT2D eigenvalue weighted by Gasteiger charge is -2.17. The molecule has 3 aromatic rings. The summed E-state index contributed by atoms with van der Waals surface area (Å²) in [6, 6.07) is 26.2. The van der Waals surface area contributed by atoms with E-state index in [4.69, 9.17) is 5.11 Å². The van der Waals surface area contributed by atoms with Gasteiger partial charge in [-0.15, -0.1) is 0 Å². The van der Waals surface area contributed by atoms with E-state index in [-0.39, 0.29) is 23.2 Å². The monoisotopic (exact) mass is 433 g/mol. The van der Waals surface area contributed by atoms with Gasteiger partial charge in [-0.2, -0.15) is 0 Å². The van der Waals surface area contributed by atoms with E-state index in [1.54, 1.807) is 0 Å². The molecule has 1 amide bonds. The molecule has 2 N–H and O–H groups in total. The summed E-state index contributed by atoms with van der Waals surface area (Å²) in [7, 11) is 0. The fraction of sp³-hybridized carbons (Fsp3) is 0.160. The Kier molecular flexibility index (Phi) is 8.01. The number of nitrogens with one attached hydrogen (secondary N) is 1. The molecule has 0 aliphatic rings. The molecule has 0 aliphatic carbocycles. The lowest BCUT2D eigenvalue weighted by molar-refractivity contribution is -0.134. The number of carbonyl (C=O) groups excluding carboxylic acids is 2. The number of thioether (sulfide) groups is 1. The maximum Gasteiger partial charge on any atom is 0.313 e. The van der Waals surface area contributed by atoms with E-state index in [1.807, 2.05) is 84.9 Å².